The first kappa shape index (κ1) is 13.9. The van der Waals surface area contributed by atoms with Crippen LogP contribution in [-0.4, -0.2) is 11.6 Å². The molecular weight excluding hydrogens is 296 g/mol. The van der Waals surface area contributed by atoms with Crippen LogP contribution in [0.1, 0.15) is 58.0 Å². The van der Waals surface area contributed by atoms with Crippen molar-refractivity contribution in [1.29, 1.82) is 0 Å². The zero-order valence-electron chi connectivity index (χ0n) is 13.8. The molecule has 118 valence electrons. The number of carbonyl (C=O) groups excluding carboxylic acids is 2. The Morgan fingerprint density at radius 2 is 1.42 bits per heavy atom. The van der Waals surface area contributed by atoms with Gasteiger partial charge in [-0.2, -0.15) is 0 Å². The summed E-state index contributed by atoms with van der Waals surface area (Å²) in [6.45, 7) is 4.43. The second-order valence-electron chi connectivity index (χ2n) is 7.86. The summed E-state index contributed by atoms with van der Waals surface area (Å²) in [5.41, 5.74) is 4.80. The highest BCUT2D eigenvalue weighted by Crippen LogP contribution is 2.64. The van der Waals surface area contributed by atoms with E-state index >= 15 is 0 Å². The molecule has 0 heterocycles. The van der Waals surface area contributed by atoms with Gasteiger partial charge in [0.05, 0.1) is 0 Å². The maximum absolute atomic E-state index is 13.3. The topological polar surface area (TPSA) is 34.1 Å². The number of benzene rings is 2. The van der Waals surface area contributed by atoms with Crippen LogP contribution in [0.5, 0.6) is 0 Å². The number of ketones is 2. The molecule has 2 aromatic carbocycles. The molecule has 0 aliphatic heterocycles. The van der Waals surface area contributed by atoms with E-state index in [1.807, 2.05) is 30.3 Å². The highest BCUT2D eigenvalue weighted by Gasteiger charge is 2.56. The molecule has 0 radical (unpaired) electrons. The van der Waals surface area contributed by atoms with Crippen molar-refractivity contribution in [3.05, 3.63) is 76.4 Å². The van der Waals surface area contributed by atoms with E-state index in [0.717, 1.165) is 17.6 Å². The minimum atomic E-state index is 0.00815. The van der Waals surface area contributed by atoms with Gasteiger partial charge in [0.1, 0.15) is 0 Å². The molecule has 2 atom stereocenters. The maximum atomic E-state index is 13.3. The Hall–Kier alpha value is -2.48. The van der Waals surface area contributed by atoms with Gasteiger partial charge >= 0.3 is 0 Å². The molecule has 5 rings (SSSR count). The van der Waals surface area contributed by atoms with Crippen molar-refractivity contribution in [2.75, 3.05) is 0 Å². The highest BCUT2D eigenvalue weighted by molar-refractivity contribution is 6.41. The first-order valence-corrected chi connectivity index (χ1v) is 8.52. The predicted octanol–water partition coefficient (Wildman–Crippen LogP) is 4.66. The summed E-state index contributed by atoms with van der Waals surface area (Å²) >= 11 is 0. The molecule has 2 nitrogen and oxygen atoms in total. The largest absolute Gasteiger partial charge is 0.289 e. The van der Waals surface area contributed by atoms with Gasteiger partial charge in [-0.3, -0.25) is 9.59 Å². The van der Waals surface area contributed by atoms with E-state index in [0.29, 0.717) is 22.6 Å². The highest BCUT2D eigenvalue weighted by atomic mass is 16.1. The van der Waals surface area contributed by atoms with Gasteiger partial charge in [-0.25, -0.2) is 0 Å². The summed E-state index contributed by atoms with van der Waals surface area (Å²) in [6.07, 6.45) is 1.06. The van der Waals surface area contributed by atoms with E-state index in [2.05, 4.69) is 19.9 Å². The van der Waals surface area contributed by atoms with E-state index < -0.39 is 0 Å². The maximum Gasteiger partial charge on any atom is 0.194 e. The summed E-state index contributed by atoms with van der Waals surface area (Å²) in [4.78, 5) is 26.5. The Balaban J connectivity index is 1.85. The first-order valence-electron chi connectivity index (χ1n) is 8.52. The fraction of sp³-hybridized carbons (Fsp3) is 0.273. The van der Waals surface area contributed by atoms with Gasteiger partial charge < -0.3 is 0 Å². The van der Waals surface area contributed by atoms with Crippen LogP contribution in [0, 0.1) is 11.3 Å². The molecule has 1 saturated carbocycles. The number of fused-ring (bicyclic) bond motifs is 6. The Labute approximate surface area is 141 Å². The lowest BCUT2D eigenvalue weighted by atomic mass is 9.47. The quantitative estimate of drug-likeness (QED) is 0.708. The molecule has 3 aliphatic rings. The molecule has 0 amide bonds. The van der Waals surface area contributed by atoms with Crippen LogP contribution in [0.25, 0.3) is 5.57 Å². The van der Waals surface area contributed by atoms with Gasteiger partial charge in [0.15, 0.2) is 11.6 Å². The molecule has 0 unspecified atom stereocenters. The fourth-order valence-corrected chi connectivity index (χ4v) is 5.08. The van der Waals surface area contributed by atoms with Crippen LogP contribution in [0.4, 0.5) is 0 Å². The van der Waals surface area contributed by atoms with E-state index in [4.69, 9.17) is 0 Å². The number of carbonyl (C=O) groups is 2. The molecule has 1 fully saturated rings. The smallest absolute Gasteiger partial charge is 0.194 e. The molecular formula is C22H18O2. The van der Waals surface area contributed by atoms with Crippen LogP contribution in [0.2, 0.25) is 0 Å². The molecule has 24 heavy (non-hydrogen) atoms. The molecule has 0 aromatic heterocycles. The molecule has 2 aromatic rings. The van der Waals surface area contributed by atoms with Gasteiger partial charge in [0.2, 0.25) is 0 Å². The van der Waals surface area contributed by atoms with Crippen molar-refractivity contribution in [3.8, 4) is 0 Å². The second kappa shape index (κ2) is 4.32. The molecule has 0 saturated heterocycles. The minimum absolute atomic E-state index is 0.00815. The van der Waals surface area contributed by atoms with Crippen molar-refractivity contribution >= 4 is 17.1 Å². The lowest BCUT2D eigenvalue weighted by molar-refractivity contribution is 0.0573. The molecule has 0 bridgehead atoms. The Morgan fingerprint density at radius 1 is 0.833 bits per heavy atom. The standard InChI is InChI=1S/C22H18O2/c1-22(2)11-16-12-7-3-4-8-13(12)17-18(19(16)22)21(24)15-10-6-5-9-14(15)20(17)23/h3-10,16,19H,11H2,1-2H3/t16-,19-/m1/s1. The third-order valence-electron chi connectivity index (χ3n) is 6.09. The minimum Gasteiger partial charge on any atom is -0.289 e. The Morgan fingerprint density at radius 3 is 2.08 bits per heavy atom. The van der Waals surface area contributed by atoms with Crippen molar-refractivity contribution in [2.24, 2.45) is 11.3 Å². The van der Waals surface area contributed by atoms with E-state index in [1.54, 1.807) is 12.1 Å². The first-order chi connectivity index (χ1) is 11.5. The van der Waals surface area contributed by atoms with Crippen molar-refractivity contribution in [2.45, 2.75) is 26.2 Å². The predicted molar refractivity (Wildman–Crippen MR) is 93.1 cm³/mol. The van der Waals surface area contributed by atoms with Gasteiger partial charge in [-0.05, 0) is 28.9 Å². The number of rotatable bonds is 0. The summed E-state index contributed by atoms with van der Waals surface area (Å²) < 4.78 is 0. The van der Waals surface area contributed by atoms with Crippen LogP contribution < -0.4 is 0 Å². The molecule has 0 spiro atoms. The average Bonchev–Trinajstić information content (AvgIpc) is 2.58. The summed E-state index contributed by atoms with van der Waals surface area (Å²) in [5.74, 6) is 0.565. The van der Waals surface area contributed by atoms with E-state index in [-0.39, 0.29) is 22.9 Å². The second-order valence-corrected chi connectivity index (χ2v) is 7.86. The van der Waals surface area contributed by atoms with Crippen molar-refractivity contribution in [3.63, 3.8) is 0 Å². The van der Waals surface area contributed by atoms with Gasteiger partial charge in [0, 0.05) is 28.2 Å². The van der Waals surface area contributed by atoms with Crippen LogP contribution in [-0.2, 0) is 0 Å². The van der Waals surface area contributed by atoms with E-state index in [1.165, 1.54) is 5.56 Å². The molecule has 0 N–H and O–H groups in total. The number of hydrogen-bond donors (Lipinski definition) is 0. The van der Waals surface area contributed by atoms with Crippen LogP contribution in [0.3, 0.4) is 0 Å². The lowest BCUT2D eigenvalue weighted by Gasteiger charge is -2.56. The number of hydrogen-bond acceptors (Lipinski definition) is 2. The number of Topliss-reactive ketones (excluding diaryl/α,β-unsaturated/α-hetero) is 2. The van der Waals surface area contributed by atoms with Gasteiger partial charge in [-0.1, -0.05) is 62.4 Å². The lowest BCUT2D eigenvalue weighted by Crippen LogP contribution is -2.48. The van der Waals surface area contributed by atoms with Crippen LogP contribution >= 0.6 is 0 Å². The normalized spacial score (nSPS) is 26.1. The fourth-order valence-electron chi connectivity index (χ4n) is 5.08. The number of allylic oxidation sites excluding steroid dienone is 2. The monoisotopic (exact) mass is 314 g/mol. The van der Waals surface area contributed by atoms with Crippen molar-refractivity contribution < 1.29 is 9.59 Å². The van der Waals surface area contributed by atoms with E-state index in [9.17, 15) is 9.59 Å². The zero-order chi connectivity index (χ0) is 16.6. The van der Waals surface area contributed by atoms with Crippen molar-refractivity contribution in [1.82, 2.24) is 0 Å². The van der Waals surface area contributed by atoms with Gasteiger partial charge in [-0.15, -0.1) is 0 Å². The third-order valence-corrected chi connectivity index (χ3v) is 6.09. The third kappa shape index (κ3) is 1.51. The SMILES string of the molecule is CC1(C)C[C@@H]2c3ccccc3C3=C(C(=O)c4ccccc4C3=O)[C@@H]21. The summed E-state index contributed by atoms with van der Waals surface area (Å²) in [5, 5.41) is 0. The average molecular weight is 314 g/mol. The summed E-state index contributed by atoms with van der Waals surface area (Å²) in [7, 11) is 0. The molecule has 3 aliphatic carbocycles. The van der Waals surface area contributed by atoms with Gasteiger partial charge in [0.25, 0.3) is 0 Å². The Kier molecular flexibility index (Phi) is 2.51. The molecule has 2 heteroatoms. The Bertz CT molecular complexity index is 961. The summed E-state index contributed by atoms with van der Waals surface area (Å²) in [6, 6.07) is 15.4. The zero-order valence-corrected chi connectivity index (χ0v) is 13.8. The van der Waals surface area contributed by atoms with Crippen LogP contribution in [0.15, 0.2) is 54.1 Å².